The lowest BCUT2D eigenvalue weighted by Crippen LogP contribution is -2.36. The third-order valence-corrected chi connectivity index (χ3v) is 4.28. The van der Waals surface area contributed by atoms with Crippen LogP contribution in [0.15, 0.2) is 42.5 Å². The average molecular weight is 296 g/mol. The zero-order chi connectivity index (χ0) is 15.4. The SMILES string of the molecule is Cc1cccc(C)c1NCc1ccccc1N1CCOCC1. The van der Waals surface area contributed by atoms with Crippen molar-refractivity contribution in [2.45, 2.75) is 20.4 Å². The highest BCUT2D eigenvalue weighted by atomic mass is 16.5. The smallest absolute Gasteiger partial charge is 0.0642 e. The Bertz CT molecular complexity index is 613. The topological polar surface area (TPSA) is 24.5 Å². The van der Waals surface area contributed by atoms with Gasteiger partial charge in [0.25, 0.3) is 0 Å². The fourth-order valence-corrected chi connectivity index (χ4v) is 3.05. The summed E-state index contributed by atoms with van der Waals surface area (Å²) in [5, 5.41) is 3.62. The monoisotopic (exact) mass is 296 g/mol. The molecule has 0 amide bonds. The number of anilines is 2. The van der Waals surface area contributed by atoms with Gasteiger partial charge in [0.05, 0.1) is 13.2 Å². The molecule has 2 aromatic carbocycles. The molecule has 0 saturated carbocycles. The summed E-state index contributed by atoms with van der Waals surface area (Å²) in [6, 6.07) is 15.1. The Hall–Kier alpha value is -2.00. The van der Waals surface area contributed by atoms with Gasteiger partial charge in [0, 0.05) is 31.0 Å². The van der Waals surface area contributed by atoms with Crippen LogP contribution in [0.25, 0.3) is 0 Å². The fourth-order valence-electron chi connectivity index (χ4n) is 3.05. The lowest BCUT2D eigenvalue weighted by molar-refractivity contribution is 0.122. The van der Waals surface area contributed by atoms with Gasteiger partial charge in [0.2, 0.25) is 0 Å². The first-order valence-electron chi connectivity index (χ1n) is 7.96. The van der Waals surface area contributed by atoms with Crippen LogP contribution in [0.4, 0.5) is 11.4 Å². The summed E-state index contributed by atoms with van der Waals surface area (Å²) in [5.74, 6) is 0. The largest absolute Gasteiger partial charge is 0.380 e. The van der Waals surface area contributed by atoms with Crippen LogP contribution < -0.4 is 10.2 Å². The highest BCUT2D eigenvalue weighted by molar-refractivity contribution is 5.59. The molecule has 0 unspecified atom stereocenters. The van der Waals surface area contributed by atoms with Crippen LogP contribution in [0.2, 0.25) is 0 Å². The number of hydrogen-bond donors (Lipinski definition) is 1. The van der Waals surface area contributed by atoms with Gasteiger partial charge < -0.3 is 15.0 Å². The van der Waals surface area contributed by atoms with E-state index in [0.29, 0.717) is 0 Å². The Kier molecular flexibility index (Phi) is 4.64. The number of ether oxygens (including phenoxy) is 1. The van der Waals surface area contributed by atoms with Crippen molar-refractivity contribution in [3.63, 3.8) is 0 Å². The van der Waals surface area contributed by atoms with Gasteiger partial charge >= 0.3 is 0 Å². The van der Waals surface area contributed by atoms with Crippen molar-refractivity contribution < 1.29 is 4.74 Å². The Morgan fingerprint density at radius 2 is 1.64 bits per heavy atom. The summed E-state index contributed by atoms with van der Waals surface area (Å²) < 4.78 is 5.46. The van der Waals surface area contributed by atoms with E-state index < -0.39 is 0 Å². The maximum absolute atomic E-state index is 5.46. The number of hydrogen-bond acceptors (Lipinski definition) is 3. The van der Waals surface area contributed by atoms with E-state index in [-0.39, 0.29) is 0 Å². The summed E-state index contributed by atoms with van der Waals surface area (Å²) in [5.41, 5.74) is 6.50. The molecule has 0 atom stereocenters. The Labute approximate surface area is 132 Å². The minimum absolute atomic E-state index is 0.818. The summed E-state index contributed by atoms with van der Waals surface area (Å²) in [6.45, 7) is 8.74. The number of aryl methyl sites for hydroxylation is 2. The van der Waals surface area contributed by atoms with Crippen molar-refractivity contribution in [1.29, 1.82) is 0 Å². The first-order valence-corrected chi connectivity index (χ1v) is 7.96. The van der Waals surface area contributed by atoms with Gasteiger partial charge in [-0.2, -0.15) is 0 Å². The second kappa shape index (κ2) is 6.84. The number of nitrogens with one attached hydrogen (secondary N) is 1. The van der Waals surface area contributed by atoms with Crippen LogP contribution in [0.5, 0.6) is 0 Å². The third kappa shape index (κ3) is 3.25. The Morgan fingerprint density at radius 3 is 2.36 bits per heavy atom. The van der Waals surface area contributed by atoms with E-state index in [1.54, 1.807) is 0 Å². The lowest BCUT2D eigenvalue weighted by Gasteiger charge is -2.30. The second-order valence-corrected chi connectivity index (χ2v) is 5.85. The predicted octanol–water partition coefficient (Wildman–Crippen LogP) is 3.75. The van der Waals surface area contributed by atoms with E-state index in [4.69, 9.17) is 4.74 Å². The van der Waals surface area contributed by atoms with Crippen LogP contribution >= 0.6 is 0 Å². The standard InChI is InChI=1S/C19H24N2O/c1-15-6-5-7-16(2)19(15)20-14-17-8-3-4-9-18(17)21-10-12-22-13-11-21/h3-9,20H,10-14H2,1-2H3. The molecule has 1 N–H and O–H groups in total. The molecule has 1 heterocycles. The lowest BCUT2D eigenvalue weighted by atomic mass is 10.1. The van der Waals surface area contributed by atoms with Crippen LogP contribution in [-0.2, 0) is 11.3 Å². The number of rotatable bonds is 4. The molecule has 3 nitrogen and oxygen atoms in total. The van der Waals surface area contributed by atoms with Crippen molar-refractivity contribution in [2.24, 2.45) is 0 Å². The van der Waals surface area contributed by atoms with E-state index in [1.165, 1.54) is 28.1 Å². The van der Waals surface area contributed by atoms with Crippen molar-refractivity contribution in [3.05, 3.63) is 59.2 Å². The summed E-state index contributed by atoms with van der Waals surface area (Å²) >= 11 is 0. The molecular weight excluding hydrogens is 272 g/mol. The van der Waals surface area contributed by atoms with Crippen LogP contribution in [-0.4, -0.2) is 26.3 Å². The molecule has 1 fully saturated rings. The molecule has 3 rings (SSSR count). The zero-order valence-corrected chi connectivity index (χ0v) is 13.4. The molecule has 0 aromatic heterocycles. The maximum Gasteiger partial charge on any atom is 0.0642 e. The summed E-state index contributed by atoms with van der Waals surface area (Å²) in [7, 11) is 0. The molecule has 0 bridgehead atoms. The van der Waals surface area contributed by atoms with Crippen molar-refractivity contribution in [1.82, 2.24) is 0 Å². The average Bonchev–Trinajstić information content (AvgIpc) is 2.56. The first-order chi connectivity index (χ1) is 10.8. The molecule has 116 valence electrons. The molecule has 3 heteroatoms. The molecule has 1 saturated heterocycles. The van der Waals surface area contributed by atoms with E-state index >= 15 is 0 Å². The normalized spacial score (nSPS) is 14.9. The molecule has 1 aliphatic heterocycles. The molecule has 0 radical (unpaired) electrons. The van der Waals surface area contributed by atoms with E-state index in [2.05, 4.69) is 66.5 Å². The highest BCUT2D eigenvalue weighted by Crippen LogP contribution is 2.25. The van der Waals surface area contributed by atoms with Gasteiger partial charge in [-0.3, -0.25) is 0 Å². The van der Waals surface area contributed by atoms with E-state index in [1.807, 2.05) is 0 Å². The predicted molar refractivity (Wildman–Crippen MR) is 92.7 cm³/mol. The van der Waals surface area contributed by atoms with Gasteiger partial charge in [0.15, 0.2) is 0 Å². The number of nitrogens with zero attached hydrogens (tertiary/aromatic N) is 1. The van der Waals surface area contributed by atoms with Gasteiger partial charge in [-0.25, -0.2) is 0 Å². The van der Waals surface area contributed by atoms with Gasteiger partial charge in [-0.1, -0.05) is 36.4 Å². The van der Waals surface area contributed by atoms with Gasteiger partial charge in [-0.15, -0.1) is 0 Å². The number of morpholine rings is 1. The number of para-hydroxylation sites is 2. The number of benzene rings is 2. The Balaban J connectivity index is 1.78. The third-order valence-electron chi connectivity index (χ3n) is 4.28. The van der Waals surface area contributed by atoms with Gasteiger partial charge in [0.1, 0.15) is 0 Å². The molecule has 2 aromatic rings. The van der Waals surface area contributed by atoms with Gasteiger partial charge in [-0.05, 0) is 36.6 Å². The van der Waals surface area contributed by atoms with Crippen molar-refractivity contribution in [2.75, 3.05) is 36.5 Å². The van der Waals surface area contributed by atoms with Crippen LogP contribution in [0, 0.1) is 13.8 Å². The molecular formula is C19H24N2O. The first kappa shape index (κ1) is 14.9. The minimum atomic E-state index is 0.818. The molecule has 0 aliphatic carbocycles. The summed E-state index contributed by atoms with van der Waals surface area (Å²) in [6.07, 6.45) is 0. The van der Waals surface area contributed by atoms with Crippen LogP contribution in [0.1, 0.15) is 16.7 Å². The quantitative estimate of drug-likeness (QED) is 0.930. The maximum atomic E-state index is 5.46. The fraction of sp³-hybridized carbons (Fsp3) is 0.368. The van der Waals surface area contributed by atoms with Crippen molar-refractivity contribution >= 4 is 11.4 Å². The highest BCUT2D eigenvalue weighted by Gasteiger charge is 2.14. The Morgan fingerprint density at radius 1 is 0.955 bits per heavy atom. The summed E-state index contributed by atoms with van der Waals surface area (Å²) in [4.78, 5) is 2.42. The van der Waals surface area contributed by atoms with E-state index in [9.17, 15) is 0 Å². The van der Waals surface area contributed by atoms with Crippen LogP contribution in [0.3, 0.4) is 0 Å². The zero-order valence-electron chi connectivity index (χ0n) is 13.4. The van der Waals surface area contributed by atoms with E-state index in [0.717, 1.165) is 32.8 Å². The minimum Gasteiger partial charge on any atom is -0.380 e. The second-order valence-electron chi connectivity index (χ2n) is 5.85. The molecule has 22 heavy (non-hydrogen) atoms. The molecule has 0 spiro atoms. The molecule has 1 aliphatic rings. The van der Waals surface area contributed by atoms with Crippen molar-refractivity contribution in [3.8, 4) is 0 Å².